The van der Waals surface area contributed by atoms with Gasteiger partial charge in [-0.2, -0.15) is 4.31 Å². The van der Waals surface area contributed by atoms with E-state index in [-0.39, 0.29) is 5.91 Å². The van der Waals surface area contributed by atoms with E-state index in [2.05, 4.69) is 6.07 Å². The standard InChI is InChI=1S/C23H30N2O3S/c1-18-7-13-22(19(2)17-18)24(3)23(26)14-10-20-8-11-21(12-9-20)29(27,28)25-15-5-4-6-16-25/h7-9,11-13,17H,4-6,10,14-16H2,1-3H3. The number of rotatable bonds is 6. The molecule has 1 aliphatic rings. The van der Waals surface area contributed by atoms with Gasteiger partial charge in [0.2, 0.25) is 15.9 Å². The first-order chi connectivity index (χ1) is 13.8. The van der Waals surface area contributed by atoms with Crippen molar-refractivity contribution in [2.45, 2.75) is 50.8 Å². The Labute approximate surface area is 174 Å². The molecular weight excluding hydrogens is 384 g/mol. The van der Waals surface area contributed by atoms with Gasteiger partial charge >= 0.3 is 0 Å². The Kier molecular flexibility index (Phi) is 6.75. The SMILES string of the molecule is Cc1ccc(N(C)C(=O)CCc2ccc(S(=O)(=O)N3CCCCC3)cc2)c(C)c1. The monoisotopic (exact) mass is 414 g/mol. The quantitative estimate of drug-likeness (QED) is 0.716. The van der Waals surface area contributed by atoms with Crippen molar-refractivity contribution in [1.29, 1.82) is 0 Å². The van der Waals surface area contributed by atoms with Gasteiger partial charge in [0.15, 0.2) is 0 Å². The molecule has 3 rings (SSSR count). The van der Waals surface area contributed by atoms with Crippen molar-refractivity contribution >= 4 is 21.6 Å². The number of amides is 1. The van der Waals surface area contributed by atoms with Crippen LogP contribution < -0.4 is 4.90 Å². The zero-order chi connectivity index (χ0) is 21.0. The summed E-state index contributed by atoms with van der Waals surface area (Å²) in [6.07, 6.45) is 3.90. The maximum Gasteiger partial charge on any atom is 0.243 e. The van der Waals surface area contributed by atoms with Crippen LogP contribution in [0.4, 0.5) is 5.69 Å². The topological polar surface area (TPSA) is 57.7 Å². The highest BCUT2D eigenvalue weighted by atomic mass is 32.2. The Morgan fingerprint density at radius 1 is 1.00 bits per heavy atom. The summed E-state index contributed by atoms with van der Waals surface area (Å²) >= 11 is 0. The molecule has 6 heteroatoms. The fraction of sp³-hybridized carbons (Fsp3) is 0.435. The van der Waals surface area contributed by atoms with E-state index in [0.29, 0.717) is 30.8 Å². The molecule has 29 heavy (non-hydrogen) atoms. The lowest BCUT2D eigenvalue weighted by Gasteiger charge is -2.25. The summed E-state index contributed by atoms with van der Waals surface area (Å²) in [4.78, 5) is 14.6. The average Bonchev–Trinajstić information content (AvgIpc) is 2.72. The number of nitrogens with zero attached hydrogens (tertiary/aromatic N) is 2. The van der Waals surface area contributed by atoms with Gasteiger partial charge < -0.3 is 4.90 Å². The van der Waals surface area contributed by atoms with Crippen LogP contribution in [0.3, 0.4) is 0 Å². The Bertz CT molecular complexity index is 962. The number of anilines is 1. The predicted octanol–water partition coefficient (Wildman–Crippen LogP) is 4.07. The number of sulfonamides is 1. The Balaban J connectivity index is 1.61. The molecule has 0 N–H and O–H groups in total. The Hall–Kier alpha value is -2.18. The van der Waals surface area contributed by atoms with Gasteiger partial charge in [0.1, 0.15) is 0 Å². The van der Waals surface area contributed by atoms with Crippen molar-refractivity contribution in [3.05, 3.63) is 59.2 Å². The molecule has 0 spiro atoms. The van der Waals surface area contributed by atoms with Crippen molar-refractivity contribution in [2.24, 2.45) is 0 Å². The van der Waals surface area contributed by atoms with Crippen LogP contribution >= 0.6 is 0 Å². The average molecular weight is 415 g/mol. The molecule has 5 nitrogen and oxygen atoms in total. The second-order valence-corrected chi connectivity index (χ2v) is 9.79. The minimum absolute atomic E-state index is 0.0435. The fourth-order valence-electron chi connectivity index (χ4n) is 3.82. The van der Waals surface area contributed by atoms with E-state index in [1.165, 1.54) is 5.56 Å². The van der Waals surface area contributed by atoms with Crippen molar-refractivity contribution in [2.75, 3.05) is 25.0 Å². The zero-order valence-electron chi connectivity index (χ0n) is 17.5. The summed E-state index contributed by atoms with van der Waals surface area (Å²) in [5.41, 5.74) is 4.13. The molecule has 1 saturated heterocycles. The minimum Gasteiger partial charge on any atom is -0.315 e. The lowest BCUT2D eigenvalue weighted by atomic mass is 10.1. The van der Waals surface area contributed by atoms with Gasteiger partial charge in [-0.05, 0) is 62.4 Å². The van der Waals surface area contributed by atoms with E-state index in [1.54, 1.807) is 28.4 Å². The molecule has 1 aliphatic heterocycles. The third-order valence-corrected chi connectivity index (χ3v) is 7.50. The van der Waals surface area contributed by atoms with Crippen LogP contribution in [0.25, 0.3) is 0 Å². The van der Waals surface area contributed by atoms with Crippen molar-refractivity contribution in [3.63, 3.8) is 0 Å². The molecule has 0 saturated carbocycles. The Morgan fingerprint density at radius 3 is 2.28 bits per heavy atom. The molecule has 156 valence electrons. The van der Waals surface area contributed by atoms with Gasteiger partial charge in [-0.15, -0.1) is 0 Å². The van der Waals surface area contributed by atoms with E-state index in [0.717, 1.165) is 36.1 Å². The van der Waals surface area contributed by atoms with Gasteiger partial charge in [-0.25, -0.2) is 8.42 Å². The number of hydrogen-bond acceptors (Lipinski definition) is 3. The van der Waals surface area contributed by atoms with Crippen LogP contribution in [0.15, 0.2) is 47.4 Å². The first-order valence-electron chi connectivity index (χ1n) is 10.2. The molecule has 0 aliphatic carbocycles. The fourth-order valence-corrected chi connectivity index (χ4v) is 5.33. The maximum atomic E-state index is 12.7. The lowest BCUT2D eigenvalue weighted by molar-refractivity contribution is -0.118. The third-order valence-electron chi connectivity index (χ3n) is 5.59. The summed E-state index contributed by atoms with van der Waals surface area (Å²) in [6.45, 7) is 5.24. The molecule has 2 aromatic rings. The summed E-state index contributed by atoms with van der Waals surface area (Å²) in [6, 6.07) is 13.0. The van der Waals surface area contributed by atoms with Gasteiger partial charge in [-0.3, -0.25) is 4.79 Å². The van der Waals surface area contributed by atoms with Crippen molar-refractivity contribution in [3.8, 4) is 0 Å². The van der Waals surface area contributed by atoms with Crippen LogP contribution in [-0.4, -0.2) is 38.8 Å². The highest BCUT2D eigenvalue weighted by Crippen LogP contribution is 2.23. The molecule has 0 bridgehead atoms. The van der Waals surface area contributed by atoms with E-state index < -0.39 is 10.0 Å². The number of piperidine rings is 1. The number of hydrogen-bond donors (Lipinski definition) is 0. The number of carbonyl (C=O) groups is 1. The molecule has 0 unspecified atom stereocenters. The third kappa shape index (κ3) is 5.06. The van der Waals surface area contributed by atoms with Crippen molar-refractivity contribution < 1.29 is 13.2 Å². The summed E-state index contributed by atoms with van der Waals surface area (Å²) in [7, 11) is -1.61. The molecule has 1 heterocycles. The van der Waals surface area contributed by atoms with Gasteiger partial charge in [0.05, 0.1) is 4.90 Å². The van der Waals surface area contributed by atoms with Crippen LogP contribution in [0.1, 0.15) is 42.4 Å². The Morgan fingerprint density at radius 2 is 1.66 bits per heavy atom. The van der Waals surface area contributed by atoms with Crippen molar-refractivity contribution in [1.82, 2.24) is 4.31 Å². The zero-order valence-corrected chi connectivity index (χ0v) is 18.3. The minimum atomic E-state index is -3.41. The first kappa shape index (κ1) is 21.5. The summed E-state index contributed by atoms with van der Waals surface area (Å²) < 4.78 is 27.0. The number of benzene rings is 2. The van der Waals surface area contributed by atoms with Crippen LogP contribution in [0.2, 0.25) is 0 Å². The summed E-state index contributed by atoms with van der Waals surface area (Å²) in [5, 5.41) is 0. The molecule has 1 fully saturated rings. The predicted molar refractivity (Wildman–Crippen MR) is 117 cm³/mol. The van der Waals surface area contributed by atoms with E-state index in [4.69, 9.17) is 0 Å². The van der Waals surface area contributed by atoms with Crippen LogP contribution in [0, 0.1) is 13.8 Å². The summed E-state index contributed by atoms with van der Waals surface area (Å²) in [5.74, 6) is 0.0435. The molecule has 1 amide bonds. The maximum absolute atomic E-state index is 12.7. The second kappa shape index (κ2) is 9.09. The normalized spacial score (nSPS) is 15.3. The largest absolute Gasteiger partial charge is 0.315 e. The number of carbonyl (C=O) groups excluding carboxylic acids is 1. The van der Waals surface area contributed by atoms with E-state index >= 15 is 0 Å². The van der Waals surface area contributed by atoms with Gasteiger partial charge in [0, 0.05) is 32.2 Å². The second-order valence-electron chi connectivity index (χ2n) is 7.85. The molecule has 2 aromatic carbocycles. The molecular formula is C23H30N2O3S. The lowest BCUT2D eigenvalue weighted by Crippen LogP contribution is -2.35. The number of aryl methyl sites for hydroxylation is 3. The van der Waals surface area contributed by atoms with Gasteiger partial charge in [0.25, 0.3) is 0 Å². The molecule has 0 radical (unpaired) electrons. The van der Waals surface area contributed by atoms with Crippen LogP contribution in [0.5, 0.6) is 0 Å². The first-order valence-corrected chi connectivity index (χ1v) is 11.7. The van der Waals surface area contributed by atoms with E-state index in [1.807, 2.05) is 38.1 Å². The smallest absolute Gasteiger partial charge is 0.243 e. The highest BCUT2D eigenvalue weighted by molar-refractivity contribution is 7.89. The van der Waals surface area contributed by atoms with E-state index in [9.17, 15) is 13.2 Å². The highest BCUT2D eigenvalue weighted by Gasteiger charge is 2.25. The molecule has 0 atom stereocenters. The van der Waals surface area contributed by atoms with Gasteiger partial charge in [-0.1, -0.05) is 36.2 Å². The molecule has 0 aromatic heterocycles. The van der Waals surface area contributed by atoms with Crippen LogP contribution in [-0.2, 0) is 21.2 Å².